The van der Waals surface area contributed by atoms with Crippen LogP contribution in [0.1, 0.15) is 52.3 Å². The van der Waals surface area contributed by atoms with Crippen molar-refractivity contribution in [1.82, 2.24) is 20.1 Å². The van der Waals surface area contributed by atoms with Gasteiger partial charge in [-0.2, -0.15) is 5.10 Å². The first-order valence-electron chi connectivity index (χ1n) is 8.22. The molecule has 20 heavy (non-hydrogen) atoms. The fourth-order valence-electron chi connectivity index (χ4n) is 3.94. The quantitative estimate of drug-likeness (QED) is 0.832. The molecule has 2 unspecified atom stereocenters. The van der Waals surface area contributed by atoms with Gasteiger partial charge in [-0.3, -0.25) is 4.68 Å². The molecule has 2 fully saturated rings. The van der Waals surface area contributed by atoms with E-state index in [0.29, 0.717) is 11.5 Å². The van der Waals surface area contributed by atoms with Crippen molar-refractivity contribution in [3.05, 3.63) is 12.2 Å². The van der Waals surface area contributed by atoms with Crippen molar-refractivity contribution in [2.45, 2.75) is 65.5 Å². The topological polar surface area (TPSA) is 42.7 Å². The van der Waals surface area contributed by atoms with Gasteiger partial charge in [0.25, 0.3) is 0 Å². The Kier molecular flexibility index (Phi) is 3.85. The molecule has 0 saturated heterocycles. The Hall–Kier alpha value is -0.900. The molecule has 4 heteroatoms. The summed E-state index contributed by atoms with van der Waals surface area (Å²) >= 11 is 0. The predicted molar refractivity (Wildman–Crippen MR) is 80.4 cm³/mol. The van der Waals surface area contributed by atoms with E-state index in [1.54, 1.807) is 6.33 Å². The molecular weight excluding hydrogens is 248 g/mol. The van der Waals surface area contributed by atoms with Crippen LogP contribution in [0, 0.1) is 17.3 Å². The summed E-state index contributed by atoms with van der Waals surface area (Å²) in [5, 5.41) is 8.07. The van der Waals surface area contributed by atoms with Gasteiger partial charge < -0.3 is 5.32 Å². The number of rotatable bonds is 7. The van der Waals surface area contributed by atoms with Crippen molar-refractivity contribution < 1.29 is 0 Å². The number of aromatic nitrogens is 3. The smallest absolute Gasteiger partial charge is 0.138 e. The summed E-state index contributed by atoms with van der Waals surface area (Å²) in [6, 6.07) is 0.567. The Morgan fingerprint density at radius 1 is 1.40 bits per heavy atom. The third kappa shape index (κ3) is 2.90. The van der Waals surface area contributed by atoms with E-state index in [1.165, 1.54) is 25.1 Å². The van der Waals surface area contributed by atoms with Crippen LogP contribution in [-0.4, -0.2) is 27.4 Å². The van der Waals surface area contributed by atoms with Crippen molar-refractivity contribution in [2.24, 2.45) is 17.3 Å². The van der Waals surface area contributed by atoms with Crippen LogP contribution in [0.3, 0.4) is 0 Å². The lowest BCUT2D eigenvalue weighted by molar-refractivity contribution is 0.233. The van der Waals surface area contributed by atoms with Gasteiger partial charge in [-0.05, 0) is 42.9 Å². The molecule has 0 radical (unpaired) electrons. The second kappa shape index (κ2) is 5.47. The zero-order valence-electron chi connectivity index (χ0n) is 13.1. The van der Waals surface area contributed by atoms with Crippen LogP contribution in [0.4, 0.5) is 0 Å². The summed E-state index contributed by atoms with van der Waals surface area (Å²) in [4.78, 5) is 4.53. The Morgan fingerprint density at radius 2 is 2.15 bits per heavy atom. The second-order valence-corrected chi connectivity index (χ2v) is 7.28. The van der Waals surface area contributed by atoms with Crippen molar-refractivity contribution in [1.29, 1.82) is 0 Å². The molecule has 0 aromatic carbocycles. The predicted octanol–water partition coefficient (Wildman–Crippen LogP) is 2.64. The molecule has 0 spiro atoms. The molecular formula is C16H28N4. The minimum Gasteiger partial charge on any atom is -0.314 e. The molecule has 2 aliphatic carbocycles. The number of nitrogens with one attached hydrogen (secondary N) is 1. The third-order valence-corrected chi connectivity index (χ3v) is 5.01. The van der Waals surface area contributed by atoms with Gasteiger partial charge in [0.2, 0.25) is 0 Å². The molecule has 1 aromatic rings. The minimum absolute atomic E-state index is 0.427. The normalized spacial score (nSPS) is 31.8. The van der Waals surface area contributed by atoms with E-state index >= 15 is 0 Å². The van der Waals surface area contributed by atoms with E-state index < -0.39 is 0 Å². The minimum atomic E-state index is 0.427. The molecule has 1 aromatic heterocycles. The first-order chi connectivity index (χ1) is 9.62. The summed E-state index contributed by atoms with van der Waals surface area (Å²) in [6.07, 6.45) is 8.20. The number of hydrogen-bond acceptors (Lipinski definition) is 3. The number of fused-ring (bicyclic) bond motifs is 1. The lowest BCUT2D eigenvalue weighted by Gasteiger charge is -2.32. The average Bonchev–Trinajstić information content (AvgIpc) is 2.83. The number of aryl methyl sites for hydroxylation is 1. The van der Waals surface area contributed by atoms with Gasteiger partial charge in [-0.1, -0.05) is 20.8 Å². The SMILES string of the molecule is CCCn1ncnc1CC1(CNC(C)C)CC2CC2C1. The van der Waals surface area contributed by atoms with Gasteiger partial charge in [-0.25, -0.2) is 4.98 Å². The van der Waals surface area contributed by atoms with Crippen LogP contribution < -0.4 is 5.32 Å². The van der Waals surface area contributed by atoms with Crippen LogP contribution in [0.5, 0.6) is 0 Å². The second-order valence-electron chi connectivity index (χ2n) is 7.28. The lowest BCUT2D eigenvalue weighted by Crippen LogP contribution is -2.39. The molecule has 112 valence electrons. The maximum absolute atomic E-state index is 4.53. The Morgan fingerprint density at radius 3 is 2.80 bits per heavy atom. The van der Waals surface area contributed by atoms with Crippen LogP contribution in [-0.2, 0) is 13.0 Å². The molecule has 2 aliphatic rings. The summed E-state index contributed by atoms with van der Waals surface area (Å²) in [6.45, 7) is 8.81. The number of hydrogen-bond donors (Lipinski definition) is 1. The van der Waals surface area contributed by atoms with Crippen LogP contribution in [0.25, 0.3) is 0 Å². The maximum Gasteiger partial charge on any atom is 0.138 e. The zero-order valence-corrected chi connectivity index (χ0v) is 13.1. The summed E-state index contributed by atoms with van der Waals surface area (Å²) in [5.74, 6) is 3.21. The summed E-state index contributed by atoms with van der Waals surface area (Å²) < 4.78 is 2.11. The molecule has 0 amide bonds. The van der Waals surface area contributed by atoms with E-state index in [-0.39, 0.29) is 0 Å². The van der Waals surface area contributed by atoms with Gasteiger partial charge in [0.15, 0.2) is 0 Å². The summed E-state index contributed by atoms with van der Waals surface area (Å²) in [5.41, 5.74) is 0.427. The van der Waals surface area contributed by atoms with E-state index in [4.69, 9.17) is 0 Å². The Balaban J connectivity index is 1.71. The molecule has 4 nitrogen and oxygen atoms in total. The van der Waals surface area contributed by atoms with Gasteiger partial charge in [0, 0.05) is 25.6 Å². The number of nitrogens with zero attached hydrogens (tertiary/aromatic N) is 3. The fourth-order valence-corrected chi connectivity index (χ4v) is 3.94. The van der Waals surface area contributed by atoms with Crippen LogP contribution >= 0.6 is 0 Å². The third-order valence-electron chi connectivity index (χ3n) is 5.01. The largest absolute Gasteiger partial charge is 0.314 e. The molecule has 2 saturated carbocycles. The Labute approximate surface area is 122 Å². The average molecular weight is 276 g/mol. The monoisotopic (exact) mass is 276 g/mol. The van der Waals surface area contributed by atoms with Gasteiger partial charge in [-0.15, -0.1) is 0 Å². The highest BCUT2D eigenvalue weighted by Crippen LogP contribution is 2.60. The first-order valence-corrected chi connectivity index (χ1v) is 8.22. The van der Waals surface area contributed by atoms with Crippen molar-refractivity contribution in [3.8, 4) is 0 Å². The van der Waals surface area contributed by atoms with Gasteiger partial charge in [0.05, 0.1) is 0 Å². The highest BCUT2D eigenvalue weighted by Gasteiger charge is 2.53. The highest BCUT2D eigenvalue weighted by molar-refractivity contribution is 5.08. The van der Waals surface area contributed by atoms with Crippen molar-refractivity contribution in [3.63, 3.8) is 0 Å². The zero-order chi connectivity index (χ0) is 14.2. The standard InChI is InChI=1S/C16H28N4/c1-4-5-20-15(18-11-19-20)9-16(10-17-12(2)3)7-13-6-14(13)8-16/h11-14,17H,4-10H2,1-3H3. The van der Waals surface area contributed by atoms with Crippen molar-refractivity contribution >= 4 is 0 Å². The summed E-state index contributed by atoms with van der Waals surface area (Å²) in [7, 11) is 0. The van der Waals surface area contributed by atoms with E-state index in [1.807, 2.05) is 0 Å². The highest BCUT2D eigenvalue weighted by atomic mass is 15.3. The molecule has 0 bridgehead atoms. The van der Waals surface area contributed by atoms with Crippen LogP contribution in [0.15, 0.2) is 6.33 Å². The lowest BCUT2D eigenvalue weighted by atomic mass is 9.79. The molecule has 0 aliphatic heterocycles. The van der Waals surface area contributed by atoms with E-state index in [9.17, 15) is 0 Å². The molecule has 1 N–H and O–H groups in total. The van der Waals surface area contributed by atoms with Crippen molar-refractivity contribution in [2.75, 3.05) is 6.54 Å². The first kappa shape index (κ1) is 14.1. The van der Waals surface area contributed by atoms with E-state index in [2.05, 4.69) is 40.9 Å². The van der Waals surface area contributed by atoms with Gasteiger partial charge in [0.1, 0.15) is 12.2 Å². The van der Waals surface area contributed by atoms with Gasteiger partial charge >= 0.3 is 0 Å². The molecule has 1 heterocycles. The van der Waals surface area contributed by atoms with Crippen LogP contribution in [0.2, 0.25) is 0 Å². The molecule has 2 atom stereocenters. The maximum atomic E-state index is 4.53. The van der Waals surface area contributed by atoms with E-state index in [0.717, 1.165) is 37.8 Å². The Bertz CT molecular complexity index is 441. The fraction of sp³-hybridized carbons (Fsp3) is 0.875. The molecule has 3 rings (SSSR count).